The SMILES string of the molecule is CCOc1ccc(N(C)S(=O)(=O)c2cc(-c3noc(CC)n3)ccc2C)cc1. The van der Waals surface area contributed by atoms with Gasteiger partial charge in [0.2, 0.25) is 11.7 Å². The molecule has 3 aromatic rings. The molecule has 1 aromatic heterocycles. The molecule has 0 atom stereocenters. The first-order valence-corrected chi connectivity index (χ1v) is 10.5. The number of hydrogen-bond donors (Lipinski definition) is 0. The van der Waals surface area contributed by atoms with Crippen LogP contribution in [0.3, 0.4) is 0 Å². The van der Waals surface area contributed by atoms with Crippen molar-refractivity contribution in [3.8, 4) is 17.1 Å². The van der Waals surface area contributed by atoms with E-state index in [1.54, 1.807) is 49.4 Å². The first-order valence-electron chi connectivity index (χ1n) is 9.02. The summed E-state index contributed by atoms with van der Waals surface area (Å²) in [6.45, 7) is 6.12. The molecule has 0 aliphatic carbocycles. The highest BCUT2D eigenvalue weighted by Crippen LogP contribution is 2.29. The number of ether oxygens (including phenoxy) is 1. The fourth-order valence-corrected chi connectivity index (χ4v) is 4.18. The monoisotopic (exact) mass is 401 g/mol. The minimum Gasteiger partial charge on any atom is -0.494 e. The number of anilines is 1. The summed E-state index contributed by atoms with van der Waals surface area (Å²) in [6.07, 6.45) is 0.616. The molecule has 1 heterocycles. The van der Waals surface area contributed by atoms with Gasteiger partial charge in [0, 0.05) is 19.0 Å². The molecule has 0 spiro atoms. The van der Waals surface area contributed by atoms with Gasteiger partial charge in [0.25, 0.3) is 10.0 Å². The predicted molar refractivity (Wildman–Crippen MR) is 107 cm³/mol. The molecule has 0 amide bonds. The Bertz CT molecular complexity index is 1060. The molecular formula is C20H23N3O4S. The van der Waals surface area contributed by atoms with E-state index in [4.69, 9.17) is 9.26 Å². The average Bonchev–Trinajstić information content (AvgIpc) is 3.18. The van der Waals surface area contributed by atoms with Crippen molar-refractivity contribution in [2.45, 2.75) is 32.1 Å². The number of benzene rings is 2. The molecule has 28 heavy (non-hydrogen) atoms. The molecule has 0 unspecified atom stereocenters. The summed E-state index contributed by atoms with van der Waals surface area (Å²) >= 11 is 0. The first-order chi connectivity index (χ1) is 13.4. The molecule has 0 aliphatic rings. The van der Waals surface area contributed by atoms with Crippen LogP contribution in [0.25, 0.3) is 11.4 Å². The van der Waals surface area contributed by atoms with E-state index in [1.165, 1.54) is 11.4 Å². The zero-order valence-electron chi connectivity index (χ0n) is 16.3. The van der Waals surface area contributed by atoms with E-state index in [9.17, 15) is 8.42 Å². The number of aromatic nitrogens is 2. The Kier molecular flexibility index (Phi) is 5.69. The normalized spacial score (nSPS) is 11.4. The van der Waals surface area contributed by atoms with Crippen LogP contribution in [0.4, 0.5) is 5.69 Å². The number of sulfonamides is 1. The molecule has 0 aliphatic heterocycles. The highest BCUT2D eigenvalue weighted by Gasteiger charge is 2.24. The summed E-state index contributed by atoms with van der Waals surface area (Å²) in [5, 5.41) is 3.93. The molecule has 0 radical (unpaired) electrons. The van der Waals surface area contributed by atoms with Crippen molar-refractivity contribution in [2.75, 3.05) is 18.0 Å². The van der Waals surface area contributed by atoms with E-state index in [-0.39, 0.29) is 4.90 Å². The van der Waals surface area contributed by atoms with Gasteiger partial charge in [-0.1, -0.05) is 24.2 Å². The first kappa shape index (κ1) is 19.9. The van der Waals surface area contributed by atoms with Crippen LogP contribution >= 0.6 is 0 Å². The van der Waals surface area contributed by atoms with Crippen LogP contribution in [0.5, 0.6) is 5.75 Å². The van der Waals surface area contributed by atoms with Crippen LogP contribution in [0.15, 0.2) is 51.9 Å². The van der Waals surface area contributed by atoms with Crippen molar-refractivity contribution < 1.29 is 17.7 Å². The van der Waals surface area contributed by atoms with Crippen LogP contribution in [-0.2, 0) is 16.4 Å². The molecule has 0 bridgehead atoms. The molecule has 0 fully saturated rings. The topological polar surface area (TPSA) is 85.5 Å². The van der Waals surface area contributed by atoms with Gasteiger partial charge >= 0.3 is 0 Å². The Hall–Kier alpha value is -2.87. The van der Waals surface area contributed by atoms with Crippen LogP contribution in [0.2, 0.25) is 0 Å². The summed E-state index contributed by atoms with van der Waals surface area (Å²) in [4.78, 5) is 4.48. The molecule has 2 aromatic carbocycles. The summed E-state index contributed by atoms with van der Waals surface area (Å²) in [6, 6.07) is 12.0. The minimum atomic E-state index is -3.77. The largest absolute Gasteiger partial charge is 0.494 e. The van der Waals surface area contributed by atoms with Crippen molar-refractivity contribution in [3.05, 3.63) is 53.9 Å². The third kappa shape index (κ3) is 3.87. The lowest BCUT2D eigenvalue weighted by Crippen LogP contribution is -2.27. The van der Waals surface area contributed by atoms with Crippen LogP contribution in [-0.4, -0.2) is 32.2 Å². The zero-order valence-corrected chi connectivity index (χ0v) is 17.2. The lowest BCUT2D eigenvalue weighted by molar-refractivity contribution is 0.340. The Morgan fingerprint density at radius 1 is 1.11 bits per heavy atom. The number of rotatable bonds is 7. The van der Waals surface area contributed by atoms with E-state index >= 15 is 0 Å². The van der Waals surface area contributed by atoms with E-state index < -0.39 is 10.0 Å². The van der Waals surface area contributed by atoms with E-state index in [1.807, 2.05) is 13.8 Å². The quantitative estimate of drug-likeness (QED) is 0.598. The number of aryl methyl sites for hydroxylation is 2. The Labute approximate surface area is 165 Å². The van der Waals surface area contributed by atoms with Crippen molar-refractivity contribution in [1.82, 2.24) is 10.1 Å². The summed E-state index contributed by atoms with van der Waals surface area (Å²) in [5.41, 5.74) is 1.77. The Morgan fingerprint density at radius 2 is 1.82 bits per heavy atom. The van der Waals surface area contributed by atoms with Crippen LogP contribution in [0, 0.1) is 6.92 Å². The zero-order chi connectivity index (χ0) is 20.3. The van der Waals surface area contributed by atoms with Gasteiger partial charge < -0.3 is 9.26 Å². The second-order valence-electron chi connectivity index (χ2n) is 6.25. The molecule has 7 nitrogen and oxygen atoms in total. The standard InChI is InChI=1S/C20H23N3O4S/c1-5-19-21-20(22-27-19)15-8-7-14(3)18(13-15)28(24,25)23(4)16-9-11-17(12-10-16)26-6-2/h7-13H,5-6H2,1-4H3. The maximum absolute atomic E-state index is 13.2. The van der Waals surface area contributed by atoms with Gasteiger partial charge in [-0.05, 0) is 49.7 Å². The summed E-state index contributed by atoms with van der Waals surface area (Å²) < 4.78 is 38.3. The van der Waals surface area contributed by atoms with Gasteiger partial charge in [-0.15, -0.1) is 0 Å². The van der Waals surface area contributed by atoms with Crippen LogP contribution < -0.4 is 9.04 Å². The van der Waals surface area contributed by atoms with Gasteiger partial charge in [0.15, 0.2) is 0 Å². The van der Waals surface area contributed by atoms with Crippen molar-refractivity contribution in [1.29, 1.82) is 0 Å². The Balaban J connectivity index is 1.97. The molecule has 0 saturated carbocycles. The Morgan fingerprint density at radius 3 is 2.43 bits per heavy atom. The highest BCUT2D eigenvalue weighted by atomic mass is 32.2. The maximum Gasteiger partial charge on any atom is 0.264 e. The third-order valence-electron chi connectivity index (χ3n) is 4.37. The number of hydrogen-bond acceptors (Lipinski definition) is 6. The maximum atomic E-state index is 13.2. The van der Waals surface area contributed by atoms with Gasteiger partial charge in [-0.2, -0.15) is 4.98 Å². The lowest BCUT2D eigenvalue weighted by Gasteiger charge is -2.21. The second kappa shape index (κ2) is 8.02. The van der Waals surface area contributed by atoms with Gasteiger partial charge in [-0.25, -0.2) is 8.42 Å². The van der Waals surface area contributed by atoms with Gasteiger partial charge in [0.05, 0.1) is 17.2 Å². The van der Waals surface area contributed by atoms with Crippen LogP contribution in [0.1, 0.15) is 25.3 Å². The molecule has 8 heteroatoms. The van der Waals surface area contributed by atoms with E-state index in [2.05, 4.69) is 10.1 Å². The molecule has 0 N–H and O–H groups in total. The molecular weight excluding hydrogens is 378 g/mol. The fraction of sp³-hybridized carbons (Fsp3) is 0.300. The molecule has 0 saturated heterocycles. The average molecular weight is 401 g/mol. The fourth-order valence-electron chi connectivity index (χ4n) is 2.74. The summed E-state index contributed by atoms with van der Waals surface area (Å²) in [7, 11) is -2.24. The van der Waals surface area contributed by atoms with E-state index in [0.29, 0.717) is 47.3 Å². The van der Waals surface area contributed by atoms with Gasteiger partial charge in [-0.3, -0.25) is 4.31 Å². The van der Waals surface area contributed by atoms with Crippen molar-refractivity contribution >= 4 is 15.7 Å². The minimum absolute atomic E-state index is 0.198. The number of nitrogens with zero attached hydrogens (tertiary/aromatic N) is 3. The summed E-state index contributed by atoms with van der Waals surface area (Å²) in [5.74, 6) is 1.57. The molecule has 3 rings (SSSR count). The van der Waals surface area contributed by atoms with Crippen molar-refractivity contribution in [2.24, 2.45) is 0 Å². The van der Waals surface area contributed by atoms with Crippen molar-refractivity contribution in [3.63, 3.8) is 0 Å². The second-order valence-corrected chi connectivity index (χ2v) is 8.18. The predicted octanol–water partition coefficient (Wildman–Crippen LogP) is 3.83. The molecule has 148 valence electrons. The lowest BCUT2D eigenvalue weighted by atomic mass is 10.1. The smallest absolute Gasteiger partial charge is 0.264 e. The van der Waals surface area contributed by atoms with Gasteiger partial charge in [0.1, 0.15) is 5.75 Å². The third-order valence-corrected chi connectivity index (χ3v) is 6.29. The van der Waals surface area contributed by atoms with E-state index in [0.717, 1.165) is 0 Å². The highest BCUT2D eigenvalue weighted by molar-refractivity contribution is 7.92.